The fraction of sp³-hybridized carbons (Fsp3) is 0.219. The van der Waals surface area contributed by atoms with Gasteiger partial charge in [0.25, 0.3) is 0 Å². The maximum atomic E-state index is 12.4. The highest BCUT2D eigenvalue weighted by Crippen LogP contribution is 2.18. The number of nitrogens with zero attached hydrogens (tertiary/aromatic N) is 1. The van der Waals surface area contributed by atoms with Gasteiger partial charge < -0.3 is 19.1 Å². The summed E-state index contributed by atoms with van der Waals surface area (Å²) in [7, 11) is 0. The number of carbonyl (C=O) groups is 3. The molecule has 0 aliphatic heterocycles. The van der Waals surface area contributed by atoms with Crippen molar-refractivity contribution in [2.45, 2.75) is 39.7 Å². The molecule has 0 radical (unpaired) electrons. The van der Waals surface area contributed by atoms with E-state index in [4.69, 9.17) is 14.2 Å². The minimum absolute atomic E-state index is 0.00166. The van der Waals surface area contributed by atoms with E-state index in [0.717, 1.165) is 16.7 Å². The molecule has 39 heavy (non-hydrogen) atoms. The zero-order chi connectivity index (χ0) is 27.9. The highest BCUT2D eigenvalue weighted by molar-refractivity contribution is 5.81. The molecule has 0 heterocycles. The van der Waals surface area contributed by atoms with Crippen molar-refractivity contribution in [3.05, 3.63) is 131 Å². The van der Waals surface area contributed by atoms with Crippen molar-refractivity contribution in [3.8, 4) is 0 Å². The number of ether oxygens (including phenoxy) is 3. The Labute approximate surface area is 229 Å². The van der Waals surface area contributed by atoms with Crippen LogP contribution in [0.15, 0.2) is 115 Å². The molecule has 0 fully saturated rings. The number of aldehydes is 1. The van der Waals surface area contributed by atoms with Gasteiger partial charge in [-0.2, -0.15) is 0 Å². The molecule has 0 spiro atoms. The standard InChI is InChI=1S/C32H33NO6/c1-25(35)33(19-27-12-6-3-7-13-27)20-30(21-34)18-31(38-23-29-16-10-5-11-17-29)32(39-26(2)36)24-37-22-28-14-8-4-9-15-28/h3-18,20-21,32H,19,22-24H2,1-2H3/b30-20+,31-18-/t32-/m1/s1. The zero-order valence-corrected chi connectivity index (χ0v) is 22.2. The van der Waals surface area contributed by atoms with Crippen molar-refractivity contribution in [2.75, 3.05) is 6.61 Å². The quantitative estimate of drug-likeness (QED) is 0.0922. The summed E-state index contributed by atoms with van der Waals surface area (Å²) in [5.74, 6) is -0.534. The molecule has 7 nitrogen and oxygen atoms in total. The number of esters is 1. The lowest BCUT2D eigenvalue weighted by Crippen LogP contribution is -2.27. The van der Waals surface area contributed by atoms with Gasteiger partial charge in [0.1, 0.15) is 12.4 Å². The van der Waals surface area contributed by atoms with Gasteiger partial charge in [-0.3, -0.25) is 14.4 Å². The van der Waals surface area contributed by atoms with Gasteiger partial charge in [-0.15, -0.1) is 0 Å². The van der Waals surface area contributed by atoms with Gasteiger partial charge in [-0.05, 0) is 22.8 Å². The normalized spacial score (nSPS) is 12.4. The lowest BCUT2D eigenvalue weighted by atomic mass is 10.1. The Hall–Kier alpha value is -4.49. The van der Waals surface area contributed by atoms with E-state index in [-0.39, 0.29) is 37.0 Å². The summed E-state index contributed by atoms with van der Waals surface area (Å²) in [6, 6.07) is 28.5. The van der Waals surface area contributed by atoms with Crippen molar-refractivity contribution in [2.24, 2.45) is 0 Å². The molecule has 0 saturated carbocycles. The van der Waals surface area contributed by atoms with Crippen molar-refractivity contribution >= 4 is 18.2 Å². The molecule has 0 aliphatic carbocycles. The summed E-state index contributed by atoms with van der Waals surface area (Å²) in [5.41, 5.74) is 2.93. The van der Waals surface area contributed by atoms with Gasteiger partial charge in [0.2, 0.25) is 5.91 Å². The smallest absolute Gasteiger partial charge is 0.303 e. The minimum atomic E-state index is -0.918. The van der Waals surface area contributed by atoms with E-state index in [1.165, 1.54) is 31.0 Å². The molecule has 3 aromatic rings. The van der Waals surface area contributed by atoms with E-state index in [2.05, 4.69) is 0 Å². The third kappa shape index (κ3) is 10.4. The average Bonchev–Trinajstić information content (AvgIpc) is 2.95. The molecule has 0 bridgehead atoms. The van der Waals surface area contributed by atoms with Crippen LogP contribution in [0, 0.1) is 0 Å². The Kier molecular flexibility index (Phi) is 11.7. The van der Waals surface area contributed by atoms with Gasteiger partial charge in [0.05, 0.1) is 19.8 Å². The first-order valence-corrected chi connectivity index (χ1v) is 12.6. The second-order valence-corrected chi connectivity index (χ2v) is 8.80. The summed E-state index contributed by atoms with van der Waals surface area (Å²) in [6.45, 7) is 3.49. The van der Waals surface area contributed by atoms with Crippen LogP contribution in [0.3, 0.4) is 0 Å². The summed E-state index contributed by atoms with van der Waals surface area (Å²) in [5, 5.41) is 0. The van der Waals surface area contributed by atoms with Gasteiger partial charge in [-0.25, -0.2) is 0 Å². The number of allylic oxidation sites excluding steroid dienone is 2. The van der Waals surface area contributed by atoms with Gasteiger partial charge >= 0.3 is 5.97 Å². The highest BCUT2D eigenvalue weighted by atomic mass is 16.6. The van der Waals surface area contributed by atoms with E-state index < -0.39 is 12.1 Å². The average molecular weight is 528 g/mol. The number of benzene rings is 3. The van der Waals surface area contributed by atoms with Crippen LogP contribution in [0.4, 0.5) is 0 Å². The van der Waals surface area contributed by atoms with Crippen LogP contribution in [0.5, 0.6) is 0 Å². The Morgan fingerprint density at radius 2 is 1.33 bits per heavy atom. The molecule has 1 amide bonds. The van der Waals surface area contributed by atoms with E-state index in [0.29, 0.717) is 12.9 Å². The van der Waals surface area contributed by atoms with E-state index in [9.17, 15) is 14.4 Å². The van der Waals surface area contributed by atoms with Crippen molar-refractivity contribution in [3.63, 3.8) is 0 Å². The minimum Gasteiger partial charge on any atom is -0.489 e. The summed E-state index contributed by atoms with van der Waals surface area (Å²) >= 11 is 0. The molecule has 0 N–H and O–H groups in total. The summed E-state index contributed by atoms with van der Waals surface area (Å²) in [6.07, 6.45) is 2.65. The van der Waals surface area contributed by atoms with Crippen LogP contribution in [-0.2, 0) is 48.4 Å². The van der Waals surface area contributed by atoms with E-state index in [1.54, 1.807) is 0 Å². The predicted molar refractivity (Wildman–Crippen MR) is 148 cm³/mol. The summed E-state index contributed by atoms with van der Waals surface area (Å²) in [4.78, 5) is 37.9. The van der Waals surface area contributed by atoms with Gasteiger partial charge in [0, 0.05) is 25.6 Å². The zero-order valence-electron chi connectivity index (χ0n) is 22.2. The molecule has 3 aromatic carbocycles. The van der Waals surface area contributed by atoms with Crippen LogP contribution in [0.1, 0.15) is 30.5 Å². The maximum absolute atomic E-state index is 12.4. The first-order chi connectivity index (χ1) is 18.9. The monoisotopic (exact) mass is 527 g/mol. The largest absolute Gasteiger partial charge is 0.489 e. The SMILES string of the molecule is CC(=O)O[C@H](COCc1ccccc1)/C(=C/C(C=O)=C\N(Cc1ccccc1)C(C)=O)OCc1ccccc1. The number of carbonyl (C=O) groups excluding carboxylic acids is 3. The lowest BCUT2D eigenvalue weighted by molar-refractivity contribution is -0.149. The molecule has 202 valence electrons. The molecular formula is C32H33NO6. The molecule has 0 saturated heterocycles. The van der Waals surface area contributed by atoms with Gasteiger partial charge in [-0.1, -0.05) is 91.0 Å². The Balaban J connectivity index is 1.89. The molecule has 7 heteroatoms. The second kappa shape index (κ2) is 15.7. The molecule has 0 aromatic heterocycles. The molecule has 3 rings (SSSR count). The van der Waals surface area contributed by atoms with Crippen LogP contribution in [-0.4, -0.2) is 35.8 Å². The number of hydrogen-bond acceptors (Lipinski definition) is 6. The molecular weight excluding hydrogens is 494 g/mol. The predicted octanol–water partition coefficient (Wildman–Crippen LogP) is 5.37. The van der Waals surface area contributed by atoms with Crippen molar-refractivity contribution in [1.29, 1.82) is 0 Å². The molecule has 0 aliphatic rings. The Morgan fingerprint density at radius 1 is 0.795 bits per heavy atom. The first kappa shape index (κ1) is 29.1. The Morgan fingerprint density at radius 3 is 1.85 bits per heavy atom. The number of rotatable bonds is 14. The topological polar surface area (TPSA) is 82.1 Å². The van der Waals surface area contributed by atoms with Crippen LogP contribution in [0.25, 0.3) is 0 Å². The van der Waals surface area contributed by atoms with Crippen LogP contribution < -0.4 is 0 Å². The summed E-state index contributed by atoms with van der Waals surface area (Å²) < 4.78 is 17.5. The van der Waals surface area contributed by atoms with Gasteiger partial charge in [0.15, 0.2) is 12.4 Å². The maximum Gasteiger partial charge on any atom is 0.303 e. The first-order valence-electron chi connectivity index (χ1n) is 12.6. The fourth-order valence-electron chi connectivity index (χ4n) is 3.68. The number of hydrogen-bond donors (Lipinski definition) is 0. The highest BCUT2D eigenvalue weighted by Gasteiger charge is 2.21. The Bertz CT molecular complexity index is 1260. The van der Waals surface area contributed by atoms with Crippen LogP contribution in [0.2, 0.25) is 0 Å². The number of amides is 1. The van der Waals surface area contributed by atoms with E-state index in [1.807, 2.05) is 91.0 Å². The second-order valence-electron chi connectivity index (χ2n) is 8.80. The fourth-order valence-corrected chi connectivity index (χ4v) is 3.68. The third-order valence-electron chi connectivity index (χ3n) is 5.60. The van der Waals surface area contributed by atoms with E-state index >= 15 is 0 Å². The third-order valence-corrected chi connectivity index (χ3v) is 5.60. The van der Waals surface area contributed by atoms with Crippen molar-refractivity contribution < 1.29 is 28.6 Å². The van der Waals surface area contributed by atoms with Crippen LogP contribution >= 0.6 is 0 Å². The molecule has 0 unspecified atom stereocenters. The lowest BCUT2D eigenvalue weighted by Gasteiger charge is -2.22. The molecule has 1 atom stereocenters. The van der Waals surface area contributed by atoms with Crippen molar-refractivity contribution in [1.82, 2.24) is 4.90 Å².